The lowest BCUT2D eigenvalue weighted by Crippen LogP contribution is -2.50. The van der Waals surface area contributed by atoms with E-state index < -0.39 is 10.0 Å². The smallest absolute Gasteiger partial charge is 0.213 e. The highest BCUT2D eigenvalue weighted by atomic mass is 32.2. The van der Waals surface area contributed by atoms with Crippen molar-refractivity contribution in [2.75, 3.05) is 45.6 Å². The Kier molecular flexibility index (Phi) is 9.28. The maximum absolute atomic E-state index is 12.2. The second-order valence-electron chi connectivity index (χ2n) is 7.70. The first-order valence-electron chi connectivity index (χ1n) is 10.2. The Morgan fingerprint density at radius 1 is 1.22 bits per heavy atom. The lowest BCUT2D eigenvalue weighted by Gasteiger charge is -2.35. The summed E-state index contributed by atoms with van der Waals surface area (Å²) in [5.41, 5.74) is 0. The second kappa shape index (κ2) is 11.2. The van der Waals surface area contributed by atoms with Crippen LogP contribution >= 0.6 is 0 Å². The molecule has 0 amide bonds. The maximum Gasteiger partial charge on any atom is 0.213 e. The van der Waals surface area contributed by atoms with Crippen molar-refractivity contribution in [2.24, 2.45) is 4.99 Å². The maximum atomic E-state index is 12.2. The molecule has 27 heavy (non-hydrogen) atoms. The van der Waals surface area contributed by atoms with E-state index in [1.807, 2.05) is 0 Å². The van der Waals surface area contributed by atoms with Gasteiger partial charge in [0.2, 0.25) is 10.0 Å². The number of rotatable bonds is 8. The van der Waals surface area contributed by atoms with Gasteiger partial charge in [-0.2, -0.15) is 0 Å². The van der Waals surface area contributed by atoms with Crippen molar-refractivity contribution in [3.8, 4) is 0 Å². The van der Waals surface area contributed by atoms with Crippen molar-refractivity contribution >= 4 is 16.0 Å². The third kappa shape index (κ3) is 8.33. The highest BCUT2D eigenvalue weighted by Gasteiger charge is 2.22. The monoisotopic (exact) mass is 403 g/mol. The van der Waals surface area contributed by atoms with Crippen molar-refractivity contribution < 1.29 is 13.2 Å². The predicted octanol–water partition coefficient (Wildman–Crippen LogP) is 0.513. The molecule has 0 aliphatic carbocycles. The number of hydrogen-bond donors (Lipinski definition) is 3. The molecular weight excluding hydrogens is 366 g/mol. The number of likely N-dealkylation sites (tertiary alicyclic amines) is 1. The first kappa shape index (κ1) is 22.4. The molecule has 2 rings (SSSR count). The molecule has 2 aliphatic heterocycles. The molecule has 0 aromatic rings. The molecule has 158 valence electrons. The van der Waals surface area contributed by atoms with Crippen LogP contribution in [0.15, 0.2) is 4.99 Å². The molecule has 0 aromatic heterocycles. The fourth-order valence-electron chi connectivity index (χ4n) is 3.51. The standard InChI is InChI=1S/C18H37N5O3S/c1-15(2)23-10-7-16(8-11-23)22-18(19-3)20-9-13-27(24,25)21-14-17-6-4-5-12-26-17/h15-17,21H,4-14H2,1-3H3,(H2,19,20,22). The lowest BCUT2D eigenvalue weighted by atomic mass is 10.0. The van der Waals surface area contributed by atoms with Crippen molar-refractivity contribution in [1.82, 2.24) is 20.3 Å². The summed E-state index contributed by atoms with van der Waals surface area (Å²) in [4.78, 5) is 6.70. The average Bonchev–Trinajstić information content (AvgIpc) is 2.67. The Morgan fingerprint density at radius 3 is 2.56 bits per heavy atom. The van der Waals surface area contributed by atoms with Crippen molar-refractivity contribution in [3.63, 3.8) is 0 Å². The molecule has 3 N–H and O–H groups in total. The quantitative estimate of drug-likeness (QED) is 0.404. The largest absolute Gasteiger partial charge is 0.377 e. The van der Waals surface area contributed by atoms with Gasteiger partial charge in [0.25, 0.3) is 0 Å². The van der Waals surface area contributed by atoms with Gasteiger partial charge in [0, 0.05) is 51.9 Å². The molecule has 0 radical (unpaired) electrons. The van der Waals surface area contributed by atoms with Crippen LogP contribution in [-0.2, 0) is 14.8 Å². The molecule has 2 saturated heterocycles. The molecule has 2 fully saturated rings. The number of ether oxygens (including phenoxy) is 1. The van der Waals surface area contributed by atoms with E-state index in [-0.39, 0.29) is 11.9 Å². The van der Waals surface area contributed by atoms with Crippen molar-refractivity contribution in [1.29, 1.82) is 0 Å². The van der Waals surface area contributed by atoms with Gasteiger partial charge in [-0.25, -0.2) is 13.1 Å². The van der Waals surface area contributed by atoms with E-state index in [1.165, 1.54) is 0 Å². The molecule has 2 aliphatic rings. The molecule has 0 aromatic carbocycles. The minimum Gasteiger partial charge on any atom is -0.377 e. The number of guanidine groups is 1. The summed E-state index contributed by atoms with van der Waals surface area (Å²) in [6, 6.07) is 0.962. The summed E-state index contributed by atoms with van der Waals surface area (Å²) < 4.78 is 32.5. The summed E-state index contributed by atoms with van der Waals surface area (Å²) in [7, 11) is -1.60. The van der Waals surface area contributed by atoms with E-state index in [2.05, 4.69) is 39.1 Å². The Balaban J connectivity index is 1.65. The van der Waals surface area contributed by atoms with E-state index in [4.69, 9.17) is 4.74 Å². The first-order chi connectivity index (χ1) is 12.9. The average molecular weight is 404 g/mol. The zero-order chi connectivity index (χ0) is 19.7. The van der Waals surface area contributed by atoms with Crippen LogP contribution in [0.25, 0.3) is 0 Å². The van der Waals surface area contributed by atoms with Gasteiger partial charge in [-0.05, 0) is 46.0 Å². The third-order valence-corrected chi connectivity index (χ3v) is 6.64. The van der Waals surface area contributed by atoms with Crippen LogP contribution in [-0.4, -0.2) is 83.1 Å². The fraction of sp³-hybridized carbons (Fsp3) is 0.944. The van der Waals surface area contributed by atoms with Crippen molar-refractivity contribution in [2.45, 2.75) is 64.1 Å². The van der Waals surface area contributed by atoms with Crippen molar-refractivity contribution in [3.05, 3.63) is 0 Å². The molecule has 1 unspecified atom stereocenters. The van der Waals surface area contributed by atoms with Gasteiger partial charge >= 0.3 is 0 Å². The predicted molar refractivity (Wildman–Crippen MR) is 110 cm³/mol. The summed E-state index contributed by atoms with van der Waals surface area (Å²) in [6.07, 6.45) is 5.24. The van der Waals surface area contributed by atoms with Gasteiger partial charge in [0.15, 0.2) is 5.96 Å². The van der Waals surface area contributed by atoms with Crippen LogP contribution in [0.5, 0.6) is 0 Å². The van der Waals surface area contributed by atoms with Crippen LogP contribution in [0.2, 0.25) is 0 Å². The van der Waals surface area contributed by atoms with Gasteiger partial charge in [-0.3, -0.25) is 4.99 Å². The number of sulfonamides is 1. The van der Waals surface area contributed by atoms with Crippen LogP contribution in [0.3, 0.4) is 0 Å². The zero-order valence-corrected chi connectivity index (χ0v) is 17.9. The van der Waals surface area contributed by atoms with E-state index in [1.54, 1.807) is 7.05 Å². The van der Waals surface area contributed by atoms with Gasteiger partial charge < -0.3 is 20.3 Å². The molecule has 9 heteroatoms. The number of nitrogens with zero attached hydrogens (tertiary/aromatic N) is 2. The molecule has 0 bridgehead atoms. The summed E-state index contributed by atoms with van der Waals surface area (Å²) in [5.74, 6) is 0.690. The summed E-state index contributed by atoms with van der Waals surface area (Å²) >= 11 is 0. The molecule has 0 spiro atoms. The third-order valence-electron chi connectivity index (χ3n) is 5.29. The summed E-state index contributed by atoms with van der Waals surface area (Å²) in [5, 5.41) is 6.53. The highest BCUT2D eigenvalue weighted by Crippen LogP contribution is 2.13. The minimum absolute atomic E-state index is 0.00706. The SMILES string of the molecule is CN=C(NCCS(=O)(=O)NCC1CCCCO1)NC1CCN(C(C)C)CC1. The van der Waals surface area contributed by atoms with Gasteiger partial charge in [-0.1, -0.05) is 0 Å². The van der Waals surface area contributed by atoms with Crippen LogP contribution in [0.1, 0.15) is 46.0 Å². The Labute approximate surface area is 164 Å². The first-order valence-corrected chi connectivity index (χ1v) is 11.8. The summed E-state index contributed by atoms with van der Waals surface area (Å²) in [6.45, 7) is 8.02. The number of nitrogens with one attached hydrogen (secondary N) is 3. The van der Waals surface area contributed by atoms with Crippen LogP contribution in [0.4, 0.5) is 0 Å². The Morgan fingerprint density at radius 2 is 1.96 bits per heavy atom. The fourth-order valence-corrected chi connectivity index (χ4v) is 4.47. The molecule has 2 heterocycles. The number of hydrogen-bond acceptors (Lipinski definition) is 5. The topological polar surface area (TPSA) is 95.1 Å². The van der Waals surface area contributed by atoms with E-state index in [0.717, 1.165) is 51.8 Å². The molecular formula is C18H37N5O3S. The van der Waals surface area contributed by atoms with Gasteiger partial charge in [-0.15, -0.1) is 0 Å². The molecule has 0 saturated carbocycles. The minimum atomic E-state index is -3.32. The second-order valence-corrected chi connectivity index (χ2v) is 9.63. The van der Waals surface area contributed by atoms with E-state index in [0.29, 0.717) is 31.1 Å². The number of aliphatic imine (C=N–C) groups is 1. The van der Waals surface area contributed by atoms with Crippen LogP contribution < -0.4 is 15.4 Å². The Bertz CT molecular complexity index is 553. The van der Waals surface area contributed by atoms with Gasteiger partial charge in [0.05, 0.1) is 11.9 Å². The molecule has 8 nitrogen and oxygen atoms in total. The highest BCUT2D eigenvalue weighted by molar-refractivity contribution is 7.89. The van der Waals surface area contributed by atoms with E-state index in [9.17, 15) is 8.42 Å². The Hall–Kier alpha value is -0.900. The normalized spacial score (nSPS) is 23.6. The zero-order valence-electron chi connectivity index (χ0n) is 17.0. The molecule has 1 atom stereocenters. The van der Waals surface area contributed by atoms with Crippen LogP contribution in [0, 0.1) is 0 Å². The lowest BCUT2D eigenvalue weighted by molar-refractivity contribution is 0.0200. The number of piperidine rings is 1. The van der Waals surface area contributed by atoms with E-state index >= 15 is 0 Å². The van der Waals surface area contributed by atoms with Gasteiger partial charge in [0.1, 0.15) is 0 Å².